The van der Waals surface area contributed by atoms with Crippen molar-refractivity contribution in [2.45, 2.75) is 44.6 Å². The molecule has 4 aromatic rings. The molecule has 0 saturated carbocycles. The van der Waals surface area contributed by atoms with Gasteiger partial charge in [0.05, 0.1) is 6.20 Å². The number of aromatic amines is 2. The van der Waals surface area contributed by atoms with Crippen LogP contribution in [0.1, 0.15) is 59.9 Å². The molecule has 0 bridgehead atoms. The first-order chi connectivity index (χ1) is 17.4. The molecule has 1 aromatic carbocycles. The maximum Gasteiger partial charge on any atom is 0.272 e. The summed E-state index contributed by atoms with van der Waals surface area (Å²) < 4.78 is 0. The van der Waals surface area contributed by atoms with E-state index in [0.717, 1.165) is 59.5 Å². The van der Waals surface area contributed by atoms with Crippen molar-refractivity contribution in [2.75, 3.05) is 24.5 Å². The monoisotopic (exact) mass is 483 g/mol. The zero-order valence-electron chi connectivity index (χ0n) is 20.5. The van der Waals surface area contributed by atoms with Crippen molar-refractivity contribution < 1.29 is 4.79 Å². The first kappa shape index (κ1) is 22.5. The van der Waals surface area contributed by atoms with Crippen LogP contribution >= 0.6 is 0 Å². The van der Waals surface area contributed by atoms with E-state index in [4.69, 9.17) is 0 Å². The van der Waals surface area contributed by atoms with E-state index in [1.807, 2.05) is 35.2 Å². The molecule has 0 unspecified atom stereocenters. The van der Waals surface area contributed by atoms with E-state index >= 15 is 0 Å². The van der Waals surface area contributed by atoms with E-state index in [1.165, 1.54) is 6.33 Å². The summed E-state index contributed by atoms with van der Waals surface area (Å²) in [6.45, 7) is 6.85. The van der Waals surface area contributed by atoms with Gasteiger partial charge in [0.1, 0.15) is 17.8 Å². The van der Waals surface area contributed by atoms with Crippen molar-refractivity contribution in [3.8, 4) is 0 Å². The van der Waals surface area contributed by atoms with Gasteiger partial charge in [-0.15, -0.1) is 0 Å². The predicted molar refractivity (Wildman–Crippen MR) is 137 cm³/mol. The van der Waals surface area contributed by atoms with Crippen molar-refractivity contribution in [2.24, 2.45) is 0 Å². The third kappa shape index (κ3) is 3.94. The molecule has 2 N–H and O–H groups in total. The summed E-state index contributed by atoms with van der Waals surface area (Å²) in [5.74, 6) is 0.841. The first-order valence-electron chi connectivity index (χ1n) is 12.4. The molecule has 9 nitrogen and oxygen atoms in total. The summed E-state index contributed by atoms with van der Waals surface area (Å²) in [4.78, 5) is 41.9. The summed E-state index contributed by atoms with van der Waals surface area (Å²) in [7, 11) is 0. The highest BCUT2D eigenvalue weighted by Crippen LogP contribution is 2.33. The van der Waals surface area contributed by atoms with Gasteiger partial charge >= 0.3 is 0 Å². The molecule has 1 fully saturated rings. The number of anilines is 1. The van der Waals surface area contributed by atoms with Crippen molar-refractivity contribution in [3.63, 3.8) is 0 Å². The minimum Gasteiger partial charge on any atom is -0.356 e. The molecule has 6 rings (SSSR count). The fourth-order valence-electron chi connectivity index (χ4n) is 5.66. The molecule has 1 amide bonds. The van der Waals surface area contributed by atoms with Gasteiger partial charge in [0.2, 0.25) is 0 Å². The molecule has 5 heterocycles. The van der Waals surface area contributed by atoms with Crippen LogP contribution < -0.4 is 10.5 Å². The highest BCUT2D eigenvalue weighted by Gasteiger charge is 2.36. The standard InChI is InChI=1S/C27H29N7O2/c1-27(2)15-34(14-19-13-30-32-24(19)27)26(36)22-12-23(29-16-28-22)33-9-7-17(8-10-33)20-11-18-5-3-4-6-21(18)31-25(20)35/h3-6,11-13,16-17H,7-10,14-15H2,1-2H3,(H,30,32)(H,31,35). The Morgan fingerprint density at radius 3 is 2.75 bits per heavy atom. The lowest BCUT2D eigenvalue weighted by Crippen LogP contribution is -2.45. The SMILES string of the molecule is CC1(C)CN(C(=O)c2cc(N3CCC(c4cc5ccccc5[nH]c4=O)CC3)ncn2)Cc2cn[nH]c21. The Labute approximate surface area is 208 Å². The second-order valence-electron chi connectivity index (χ2n) is 10.5. The number of amides is 1. The van der Waals surface area contributed by atoms with E-state index in [2.05, 4.69) is 43.9 Å². The molecule has 184 valence electrons. The van der Waals surface area contributed by atoms with Crippen LogP contribution in [0.15, 0.2) is 53.7 Å². The number of para-hydroxylation sites is 1. The Hall–Kier alpha value is -4.01. The Balaban J connectivity index is 1.17. The van der Waals surface area contributed by atoms with Gasteiger partial charge in [0, 0.05) is 60.0 Å². The molecule has 0 spiro atoms. The fourth-order valence-corrected chi connectivity index (χ4v) is 5.66. The third-order valence-electron chi connectivity index (χ3n) is 7.54. The quantitative estimate of drug-likeness (QED) is 0.462. The molecule has 0 radical (unpaired) electrons. The van der Waals surface area contributed by atoms with Crippen LogP contribution in [0.3, 0.4) is 0 Å². The highest BCUT2D eigenvalue weighted by molar-refractivity contribution is 5.93. The number of aromatic nitrogens is 5. The fraction of sp³-hybridized carbons (Fsp3) is 0.370. The number of hydrogen-bond acceptors (Lipinski definition) is 6. The maximum absolute atomic E-state index is 13.4. The number of benzene rings is 1. The van der Waals surface area contributed by atoms with Gasteiger partial charge < -0.3 is 14.8 Å². The average molecular weight is 484 g/mol. The van der Waals surface area contributed by atoms with Gasteiger partial charge in [-0.1, -0.05) is 32.0 Å². The van der Waals surface area contributed by atoms with E-state index in [9.17, 15) is 9.59 Å². The van der Waals surface area contributed by atoms with Gasteiger partial charge in [-0.05, 0) is 36.3 Å². The van der Waals surface area contributed by atoms with E-state index in [0.29, 0.717) is 18.8 Å². The number of carbonyl (C=O) groups is 1. The molecule has 0 atom stereocenters. The number of fused-ring (bicyclic) bond motifs is 2. The lowest BCUT2D eigenvalue weighted by atomic mass is 9.83. The topological polar surface area (TPSA) is 111 Å². The second-order valence-corrected chi connectivity index (χ2v) is 10.5. The molecule has 0 aliphatic carbocycles. The molecule has 36 heavy (non-hydrogen) atoms. The number of rotatable bonds is 3. The number of H-pyrrole nitrogens is 2. The second kappa shape index (κ2) is 8.58. The van der Waals surface area contributed by atoms with E-state index in [1.54, 1.807) is 12.3 Å². The zero-order valence-corrected chi connectivity index (χ0v) is 20.5. The molecular weight excluding hydrogens is 454 g/mol. The van der Waals surface area contributed by atoms with E-state index in [-0.39, 0.29) is 22.8 Å². The van der Waals surface area contributed by atoms with Crippen LogP contribution in [0.4, 0.5) is 5.82 Å². The molecule has 2 aliphatic heterocycles. The lowest BCUT2D eigenvalue weighted by Gasteiger charge is -2.37. The number of piperidine rings is 1. The lowest BCUT2D eigenvalue weighted by molar-refractivity contribution is 0.0678. The van der Waals surface area contributed by atoms with Crippen LogP contribution in [0, 0.1) is 0 Å². The van der Waals surface area contributed by atoms with Crippen molar-refractivity contribution in [1.29, 1.82) is 0 Å². The minimum atomic E-state index is -0.210. The van der Waals surface area contributed by atoms with E-state index < -0.39 is 0 Å². The number of pyridine rings is 1. The molecule has 1 saturated heterocycles. The Kier molecular flexibility index (Phi) is 5.35. The molecule has 3 aromatic heterocycles. The number of carbonyl (C=O) groups excluding carboxylic acids is 1. The van der Waals surface area contributed by atoms with Crippen molar-refractivity contribution in [1.82, 2.24) is 30.0 Å². The van der Waals surface area contributed by atoms with Gasteiger partial charge in [-0.2, -0.15) is 5.10 Å². The molecule has 2 aliphatic rings. The largest absolute Gasteiger partial charge is 0.356 e. The van der Waals surface area contributed by atoms with Gasteiger partial charge in [0.25, 0.3) is 11.5 Å². The third-order valence-corrected chi connectivity index (χ3v) is 7.54. The van der Waals surface area contributed by atoms with Crippen LogP contribution in [-0.2, 0) is 12.0 Å². The predicted octanol–water partition coefficient (Wildman–Crippen LogP) is 3.36. The maximum atomic E-state index is 13.4. The van der Waals surface area contributed by atoms with Crippen LogP contribution in [0.2, 0.25) is 0 Å². The first-order valence-corrected chi connectivity index (χ1v) is 12.4. The average Bonchev–Trinajstić information content (AvgIpc) is 3.38. The number of hydrogen-bond donors (Lipinski definition) is 2. The molecule has 9 heteroatoms. The molecular formula is C27H29N7O2. The summed E-state index contributed by atoms with van der Waals surface area (Å²) >= 11 is 0. The number of nitrogens with one attached hydrogen (secondary N) is 2. The van der Waals surface area contributed by atoms with Crippen LogP contribution in [0.25, 0.3) is 10.9 Å². The zero-order chi connectivity index (χ0) is 24.9. The van der Waals surface area contributed by atoms with Crippen LogP contribution in [0.5, 0.6) is 0 Å². The highest BCUT2D eigenvalue weighted by atomic mass is 16.2. The normalized spacial score (nSPS) is 17.8. The van der Waals surface area contributed by atoms with Gasteiger partial charge in [-0.25, -0.2) is 9.97 Å². The summed E-state index contributed by atoms with van der Waals surface area (Å²) in [6.07, 6.45) is 4.96. The summed E-state index contributed by atoms with van der Waals surface area (Å²) in [5, 5.41) is 8.31. The Morgan fingerprint density at radius 2 is 1.92 bits per heavy atom. The smallest absolute Gasteiger partial charge is 0.272 e. The summed E-state index contributed by atoms with van der Waals surface area (Å²) in [6, 6.07) is 11.7. The van der Waals surface area contributed by atoms with Crippen molar-refractivity contribution in [3.05, 3.63) is 81.8 Å². The Bertz CT molecular complexity index is 1500. The number of nitrogens with zero attached hydrogens (tertiary/aromatic N) is 5. The van der Waals surface area contributed by atoms with Gasteiger partial charge in [-0.3, -0.25) is 14.7 Å². The van der Waals surface area contributed by atoms with Crippen LogP contribution in [-0.4, -0.2) is 55.6 Å². The van der Waals surface area contributed by atoms with Crippen molar-refractivity contribution >= 4 is 22.6 Å². The minimum absolute atomic E-state index is 0.00713. The van der Waals surface area contributed by atoms with Gasteiger partial charge in [0.15, 0.2) is 0 Å². The Morgan fingerprint density at radius 1 is 1.11 bits per heavy atom. The summed E-state index contributed by atoms with van der Waals surface area (Å²) in [5.41, 5.74) is 4.02.